The van der Waals surface area contributed by atoms with Crippen LogP contribution in [0.3, 0.4) is 0 Å². The molecule has 0 atom stereocenters. The Balaban J connectivity index is 1.56. The van der Waals surface area contributed by atoms with E-state index in [0.717, 1.165) is 0 Å². The predicted octanol–water partition coefficient (Wildman–Crippen LogP) is 6.40. The number of nitrogens with one attached hydrogen (secondary N) is 1. The number of carbonyl (C=O) groups is 2. The predicted molar refractivity (Wildman–Crippen MR) is 138 cm³/mol. The number of amides is 1. The average molecular weight is 546 g/mol. The molecule has 0 aliphatic carbocycles. The second-order valence-corrected chi connectivity index (χ2v) is 8.97. The third-order valence-corrected chi connectivity index (χ3v) is 5.93. The summed E-state index contributed by atoms with van der Waals surface area (Å²) in [4.78, 5) is 24.3. The number of carboxylic acids is 1. The zero-order chi connectivity index (χ0) is 25.7. The molecule has 10 heteroatoms. The van der Waals surface area contributed by atoms with E-state index in [2.05, 4.69) is 10.5 Å². The summed E-state index contributed by atoms with van der Waals surface area (Å²) in [6, 6.07) is 18.4. The molecule has 3 aromatic carbocycles. The Bertz CT molecular complexity index is 1390. The molecule has 1 heterocycles. The molecule has 4 rings (SSSR count). The maximum absolute atomic E-state index is 13.3. The fourth-order valence-electron chi connectivity index (χ4n) is 3.46. The van der Waals surface area contributed by atoms with Crippen LogP contribution in [0.2, 0.25) is 15.1 Å². The Morgan fingerprint density at radius 1 is 0.917 bits per heavy atom. The van der Waals surface area contributed by atoms with Gasteiger partial charge in [-0.15, -0.1) is 0 Å². The molecule has 1 amide bonds. The second-order valence-electron chi connectivity index (χ2n) is 7.69. The summed E-state index contributed by atoms with van der Waals surface area (Å²) in [5.41, 5.74) is 2.39. The summed E-state index contributed by atoms with van der Waals surface area (Å²) in [6.07, 6.45) is -0.111. The number of nitrogens with zero attached hydrogens (tertiary/aromatic N) is 1. The smallest absolute Gasteiger partial charge is 0.307 e. The fraction of sp³-hybridized carbons (Fsp3) is 0.115. The summed E-state index contributed by atoms with van der Waals surface area (Å²) in [5, 5.41) is 17.4. The van der Waals surface area contributed by atoms with Crippen molar-refractivity contribution in [2.45, 2.75) is 6.42 Å². The number of benzene rings is 3. The maximum Gasteiger partial charge on any atom is 0.307 e. The van der Waals surface area contributed by atoms with Crippen LogP contribution >= 0.6 is 34.8 Å². The first-order chi connectivity index (χ1) is 17.3. The van der Waals surface area contributed by atoms with Crippen LogP contribution < -0.4 is 10.1 Å². The van der Waals surface area contributed by atoms with Gasteiger partial charge in [-0.2, -0.15) is 0 Å². The van der Waals surface area contributed by atoms with Gasteiger partial charge in [-0.1, -0.05) is 64.2 Å². The standard InChI is InChI=1S/C26H19Cl3N2O5/c27-18-7-5-17(6-8-18)25-23(24(31-36-25)16-3-1-15(2-4-16)13-22(32)33)26(34)30-11-12-35-21-10-9-19(28)14-20(21)29/h1-10,14H,11-13H2,(H,30,34)(H,32,33). The van der Waals surface area contributed by atoms with Gasteiger partial charge in [-0.25, -0.2) is 0 Å². The molecule has 0 saturated carbocycles. The minimum Gasteiger partial charge on any atom is -0.490 e. The van der Waals surface area contributed by atoms with Crippen LogP contribution in [0.5, 0.6) is 5.75 Å². The molecular weight excluding hydrogens is 527 g/mol. The van der Waals surface area contributed by atoms with Gasteiger partial charge in [0.1, 0.15) is 23.6 Å². The summed E-state index contributed by atoms with van der Waals surface area (Å²) < 4.78 is 11.2. The Hall–Kier alpha value is -3.52. The highest BCUT2D eigenvalue weighted by atomic mass is 35.5. The molecule has 36 heavy (non-hydrogen) atoms. The highest BCUT2D eigenvalue weighted by molar-refractivity contribution is 6.35. The topological polar surface area (TPSA) is 102 Å². The lowest BCUT2D eigenvalue weighted by Gasteiger charge is -2.10. The van der Waals surface area contributed by atoms with Gasteiger partial charge in [0.15, 0.2) is 5.76 Å². The Morgan fingerprint density at radius 2 is 1.58 bits per heavy atom. The Kier molecular flexibility index (Phi) is 8.15. The molecule has 1 aromatic heterocycles. The van der Waals surface area contributed by atoms with E-state index in [0.29, 0.717) is 43.2 Å². The summed E-state index contributed by atoms with van der Waals surface area (Å²) in [5.74, 6) is -0.632. The van der Waals surface area contributed by atoms with Crippen molar-refractivity contribution in [2.75, 3.05) is 13.2 Å². The number of halogens is 3. The number of aliphatic carboxylic acids is 1. The van der Waals surface area contributed by atoms with E-state index in [4.69, 9.17) is 49.2 Å². The molecule has 0 saturated heterocycles. The first kappa shape index (κ1) is 25.6. The van der Waals surface area contributed by atoms with Gasteiger partial charge < -0.3 is 19.7 Å². The molecule has 184 valence electrons. The van der Waals surface area contributed by atoms with Crippen molar-refractivity contribution in [3.63, 3.8) is 0 Å². The molecule has 2 N–H and O–H groups in total. The highest BCUT2D eigenvalue weighted by Gasteiger charge is 2.25. The lowest BCUT2D eigenvalue weighted by molar-refractivity contribution is -0.136. The number of carbonyl (C=O) groups excluding carboxylic acids is 1. The van der Waals surface area contributed by atoms with Crippen molar-refractivity contribution in [1.82, 2.24) is 10.5 Å². The van der Waals surface area contributed by atoms with Crippen LogP contribution in [0.4, 0.5) is 0 Å². The van der Waals surface area contributed by atoms with E-state index in [-0.39, 0.29) is 30.9 Å². The first-order valence-corrected chi connectivity index (χ1v) is 11.9. The van der Waals surface area contributed by atoms with Crippen molar-refractivity contribution in [3.8, 4) is 28.3 Å². The fourth-order valence-corrected chi connectivity index (χ4v) is 4.05. The third-order valence-electron chi connectivity index (χ3n) is 5.15. The first-order valence-electron chi connectivity index (χ1n) is 10.7. The van der Waals surface area contributed by atoms with Gasteiger partial charge in [0.05, 0.1) is 18.0 Å². The quantitative estimate of drug-likeness (QED) is 0.236. The van der Waals surface area contributed by atoms with Gasteiger partial charge in [0.25, 0.3) is 5.91 Å². The molecule has 0 spiro atoms. The lowest BCUT2D eigenvalue weighted by atomic mass is 10.0. The molecule has 0 aliphatic heterocycles. The van der Waals surface area contributed by atoms with Crippen molar-refractivity contribution < 1.29 is 24.0 Å². The highest BCUT2D eigenvalue weighted by Crippen LogP contribution is 2.33. The van der Waals surface area contributed by atoms with Crippen molar-refractivity contribution in [1.29, 1.82) is 0 Å². The van der Waals surface area contributed by atoms with Gasteiger partial charge in [0.2, 0.25) is 0 Å². The van der Waals surface area contributed by atoms with E-state index in [1.54, 1.807) is 66.7 Å². The van der Waals surface area contributed by atoms with Crippen LogP contribution in [0, 0.1) is 0 Å². The van der Waals surface area contributed by atoms with Crippen LogP contribution in [-0.2, 0) is 11.2 Å². The minimum absolute atomic E-state index is 0.111. The van der Waals surface area contributed by atoms with Crippen LogP contribution in [0.15, 0.2) is 71.3 Å². The number of hydrogen-bond acceptors (Lipinski definition) is 5. The molecule has 0 aliphatic rings. The minimum atomic E-state index is -0.934. The average Bonchev–Trinajstić information content (AvgIpc) is 3.28. The zero-order valence-electron chi connectivity index (χ0n) is 18.6. The van der Waals surface area contributed by atoms with Crippen LogP contribution in [0.25, 0.3) is 22.6 Å². The summed E-state index contributed by atoms with van der Waals surface area (Å²) >= 11 is 18.0. The molecular formula is C26H19Cl3N2O5. The van der Waals surface area contributed by atoms with Gasteiger partial charge in [-0.3, -0.25) is 9.59 Å². The summed E-state index contributed by atoms with van der Waals surface area (Å²) in [6.45, 7) is 0.341. The van der Waals surface area contributed by atoms with Crippen molar-refractivity contribution in [2.24, 2.45) is 0 Å². The number of hydrogen-bond donors (Lipinski definition) is 2. The molecule has 4 aromatic rings. The van der Waals surface area contributed by atoms with Crippen molar-refractivity contribution in [3.05, 3.63) is 92.9 Å². The molecule has 0 bridgehead atoms. The molecule has 0 fully saturated rings. The molecule has 0 radical (unpaired) electrons. The normalized spacial score (nSPS) is 10.8. The third kappa shape index (κ3) is 6.18. The van der Waals surface area contributed by atoms with Crippen LogP contribution in [-0.4, -0.2) is 35.3 Å². The molecule has 7 nitrogen and oxygen atoms in total. The zero-order valence-corrected chi connectivity index (χ0v) is 20.9. The lowest BCUT2D eigenvalue weighted by Crippen LogP contribution is -2.28. The largest absolute Gasteiger partial charge is 0.490 e. The second kappa shape index (κ2) is 11.5. The van der Waals surface area contributed by atoms with E-state index in [9.17, 15) is 9.59 Å². The summed E-state index contributed by atoms with van der Waals surface area (Å²) in [7, 11) is 0. The van der Waals surface area contributed by atoms with Gasteiger partial charge in [0, 0.05) is 21.2 Å². The SMILES string of the molecule is O=C(O)Cc1ccc(-c2noc(-c3ccc(Cl)cc3)c2C(=O)NCCOc2ccc(Cl)cc2Cl)cc1. The van der Waals surface area contributed by atoms with Gasteiger partial charge in [-0.05, 0) is 48.0 Å². The Morgan fingerprint density at radius 3 is 2.25 bits per heavy atom. The molecule has 0 unspecified atom stereocenters. The maximum atomic E-state index is 13.3. The Labute approximate surface area is 221 Å². The van der Waals surface area contributed by atoms with E-state index < -0.39 is 11.9 Å². The monoisotopic (exact) mass is 544 g/mol. The number of ether oxygens (including phenoxy) is 1. The van der Waals surface area contributed by atoms with E-state index in [1.807, 2.05) is 0 Å². The number of carboxylic acid groups (broad SMARTS) is 1. The van der Waals surface area contributed by atoms with Crippen molar-refractivity contribution >= 4 is 46.7 Å². The number of aromatic nitrogens is 1. The van der Waals surface area contributed by atoms with E-state index in [1.165, 1.54) is 0 Å². The van der Waals surface area contributed by atoms with E-state index >= 15 is 0 Å². The van der Waals surface area contributed by atoms with Crippen LogP contribution in [0.1, 0.15) is 15.9 Å². The number of rotatable bonds is 9. The van der Waals surface area contributed by atoms with Gasteiger partial charge >= 0.3 is 5.97 Å².